The number of nitrogens with one attached hydrogen (secondary N) is 1. The normalized spacial score (nSPS) is 21.2. The highest BCUT2D eigenvalue weighted by molar-refractivity contribution is 6.07. The highest BCUT2D eigenvalue weighted by atomic mass is 16.3. The van der Waals surface area contributed by atoms with Gasteiger partial charge in [-0.25, -0.2) is 0 Å². The Morgan fingerprint density at radius 1 is 1.43 bits per heavy atom. The van der Waals surface area contributed by atoms with Crippen molar-refractivity contribution in [2.75, 3.05) is 13.1 Å². The van der Waals surface area contributed by atoms with E-state index in [0.717, 1.165) is 5.39 Å². The van der Waals surface area contributed by atoms with Gasteiger partial charge < -0.3 is 14.4 Å². The molecule has 7 nitrogen and oxygen atoms in total. The number of rotatable bonds is 2. The number of carbonyl (C=O) groups is 1. The number of furan rings is 1. The van der Waals surface area contributed by atoms with Crippen molar-refractivity contribution in [3.05, 3.63) is 47.5 Å². The fourth-order valence-electron chi connectivity index (χ4n) is 3.19. The molecule has 3 heterocycles. The second-order valence-electron chi connectivity index (χ2n) is 5.89. The maximum Gasteiger partial charge on any atom is 0.258 e. The smallest absolute Gasteiger partial charge is 0.258 e. The third kappa shape index (κ3) is 2.12. The van der Waals surface area contributed by atoms with Crippen LogP contribution in [0.3, 0.4) is 0 Å². The molecule has 2 aromatic heterocycles. The number of fused-ring (bicyclic) bond motifs is 1. The van der Waals surface area contributed by atoms with E-state index in [1.54, 1.807) is 11.8 Å². The predicted octanol–water partition coefficient (Wildman–Crippen LogP) is 1.59. The quantitative estimate of drug-likeness (QED) is 0.749. The number of hydrogen-bond acceptors (Lipinski definition) is 5. The van der Waals surface area contributed by atoms with Crippen molar-refractivity contribution in [2.24, 2.45) is 0 Å². The molecule has 3 aromatic rings. The lowest BCUT2D eigenvalue weighted by atomic mass is 10.00. The second kappa shape index (κ2) is 4.92. The van der Waals surface area contributed by atoms with Crippen molar-refractivity contribution in [3.8, 4) is 0 Å². The number of amides is 1. The molecule has 2 N–H and O–H groups in total. The zero-order valence-electron chi connectivity index (χ0n) is 12.6. The highest BCUT2D eigenvalue weighted by Crippen LogP contribution is 2.33. The molecule has 0 bridgehead atoms. The Balaban J connectivity index is 1.66. The van der Waals surface area contributed by atoms with E-state index in [2.05, 4.69) is 15.4 Å². The van der Waals surface area contributed by atoms with Crippen LogP contribution in [0, 0.1) is 6.92 Å². The average Bonchev–Trinajstić information content (AvgIpc) is 3.24. The van der Waals surface area contributed by atoms with Crippen LogP contribution in [0.5, 0.6) is 0 Å². The van der Waals surface area contributed by atoms with Crippen molar-refractivity contribution in [1.82, 2.24) is 20.3 Å². The molecule has 0 saturated carbocycles. The van der Waals surface area contributed by atoms with Gasteiger partial charge in [0.25, 0.3) is 5.91 Å². The van der Waals surface area contributed by atoms with Crippen LogP contribution in [0.25, 0.3) is 11.0 Å². The Hall–Kier alpha value is -2.67. The molecule has 1 fully saturated rings. The van der Waals surface area contributed by atoms with Gasteiger partial charge >= 0.3 is 0 Å². The third-order valence-electron chi connectivity index (χ3n) is 4.41. The van der Waals surface area contributed by atoms with Crippen molar-refractivity contribution < 1.29 is 14.3 Å². The molecular weight excluding hydrogens is 296 g/mol. The van der Waals surface area contributed by atoms with Gasteiger partial charge in [0.15, 0.2) is 0 Å². The predicted molar refractivity (Wildman–Crippen MR) is 81.8 cm³/mol. The Morgan fingerprint density at radius 2 is 2.26 bits per heavy atom. The molecule has 0 aliphatic carbocycles. The molecule has 0 radical (unpaired) electrons. The van der Waals surface area contributed by atoms with Gasteiger partial charge in [-0.05, 0) is 13.0 Å². The first kappa shape index (κ1) is 14.0. The minimum absolute atomic E-state index is 0.133. The van der Waals surface area contributed by atoms with Crippen LogP contribution in [-0.2, 0) is 5.60 Å². The van der Waals surface area contributed by atoms with Gasteiger partial charge in [-0.2, -0.15) is 15.4 Å². The molecular formula is C16H16N4O3. The van der Waals surface area contributed by atoms with Gasteiger partial charge in [0.2, 0.25) is 0 Å². The fourth-order valence-corrected chi connectivity index (χ4v) is 3.19. The van der Waals surface area contributed by atoms with Crippen LogP contribution >= 0.6 is 0 Å². The number of carbonyl (C=O) groups excluding carboxylic acids is 1. The maximum absolute atomic E-state index is 12.9. The number of nitrogens with zero attached hydrogens (tertiary/aromatic N) is 3. The minimum Gasteiger partial charge on any atom is -0.461 e. The Bertz CT molecular complexity index is 871. The maximum atomic E-state index is 12.9. The SMILES string of the molecule is Cc1oc2ccccc2c1C(=O)N1CCC(O)(c2cn[nH]n2)C1. The van der Waals surface area contributed by atoms with E-state index in [4.69, 9.17) is 4.42 Å². The van der Waals surface area contributed by atoms with Crippen molar-refractivity contribution >= 4 is 16.9 Å². The van der Waals surface area contributed by atoms with Gasteiger partial charge in [-0.3, -0.25) is 4.79 Å². The van der Waals surface area contributed by atoms with Gasteiger partial charge in [-0.15, -0.1) is 0 Å². The van der Waals surface area contributed by atoms with E-state index in [-0.39, 0.29) is 12.5 Å². The lowest BCUT2D eigenvalue weighted by Gasteiger charge is -2.21. The van der Waals surface area contributed by atoms with Crippen LogP contribution < -0.4 is 0 Å². The Morgan fingerprint density at radius 3 is 3.04 bits per heavy atom. The lowest BCUT2D eigenvalue weighted by Crippen LogP contribution is -2.34. The highest BCUT2D eigenvalue weighted by Gasteiger charge is 2.42. The molecule has 118 valence electrons. The number of benzene rings is 1. The molecule has 4 rings (SSSR count). The van der Waals surface area contributed by atoms with Crippen molar-refractivity contribution in [2.45, 2.75) is 18.9 Å². The molecule has 7 heteroatoms. The third-order valence-corrected chi connectivity index (χ3v) is 4.41. The molecule has 1 aliphatic heterocycles. The summed E-state index contributed by atoms with van der Waals surface area (Å²) in [4.78, 5) is 14.5. The summed E-state index contributed by atoms with van der Waals surface area (Å²) >= 11 is 0. The largest absolute Gasteiger partial charge is 0.461 e. The summed E-state index contributed by atoms with van der Waals surface area (Å²) in [6.07, 6.45) is 1.92. The number of likely N-dealkylation sites (tertiary alicyclic amines) is 1. The average molecular weight is 312 g/mol. The van der Waals surface area contributed by atoms with Crippen LogP contribution in [0.15, 0.2) is 34.9 Å². The first-order valence-electron chi connectivity index (χ1n) is 7.44. The molecule has 0 spiro atoms. The summed E-state index contributed by atoms with van der Waals surface area (Å²) in [6.45, 7) is 2.44. The van der Waals surface area contributed by atoms with Crippen LogP contribution in [0.1, 0.15) is 28.2 Å². The molecule has 23 heavy (non-hydrogen) atoms. The number of aromatic nitrogens is 3. The van der Waals surface area contributed by atoms with Gasteiger partial charge in [-0.1, -0.05) is 18.2 Å². The zero-order valence-corrected chi connectivity index (χ0v) is 12.6. The minimum atomic E-state index is -1.16. The van der Waals surface area contributed by atoms with Gasteiger partial charge in [0.1, 0.15) is 22.6 Å². The number of aryl methyl sites for hydroxylation is 1. The second-order valence-corrected chi connectivity index (χ2v) is 5.89. The summed E-state index contributed by atoms with van der Waals surface area (Å²) in [6, 6.07) is 7.47. The molecule has 1 amide bonds. The monoisotopic (exact) mass is 312 g/mol. The Kier molecular flexibility index (Phi) is 2.99. The summed E-state index contributed by atoms with van der Waals surface area (Å²) in [5.41, 5.74) is 0.557. The summed E-state index contributed by atoms with van der Waals surface area (Å²) in [7, 11) is 0. The van der Waals surface area contributed by atoms with Crippen LogP contribution in [0.4, 0.5) is 0 Å². The number of aliphatic hydroxyl groups is 1. The van der Waals surface area contributed by atoms with E-state index >= 15 is 0 Å². The molecule has 1 aliphatic rings. The number of para-hydroxylation sites is 1. The van der Waals surface area contributed by atoms with Crippen LogP contribution in [0.2, 0.25) is 0 Å². The number of aromatic amines is 1. The van der Waals surface area contributed by atoms with Crippen LogP contribution in [-0.4, -0.2) is 44.4 Å². The van der Waals surface area contributed by atoms with E-state index in [0.29, 0.717) is 35.6 Å². The van der Waals surface area contributed by atoms with Crippen molar-refractivity contribution in [1.29, 1.82) is 0 Å². The molecule has 1 saturated heterocycles. The molecule has 1 atom stereocenters. The standard InChI is InChI=1S/C16H16N4O3/c1-10-14(11-4-2-3-5-12(11)23-10)15(21)20-7-6-16(22,9-20)13-8-17-19-18-13/h2-5,8,22H,6-7,9H2,1H3,(H,17,18,19). The topological polar surface area (TPSA) is 95.3 Å². The number of H-pyrrole nitrogens is 1. The molecule has 1 aromatic carbocycles. The number of hydrogen-bond donors (Lipinski definition) is 2. The van der Waals surface area contributed by atoms with Gasteiger partial charge in [0, 0.05) is 18.4 Å². The van der Waals surface area contributed by atoms with E-state index in [1.165, 1.54) is 6.20 Å². The molecule has 1 unspecified atom stereocenters. The fraction of sp³-hybridized carbons (Fsp3) is 0.312. The van der Waals surface area contributed by atoms with E-state index < -0.39 is 5.60 Å². The Labute approximate surface area is 131 Å². The summed E-state index contributed by atoms with van der Waals surface area (Å²) in [5.74, 6) is 0.458. The summed E-state index contributed by atoms with van der Waals surface area (Å²) < 4.78 is 5.67. The van der Waals surface area contributed by atoms with Crippen molar-refractivity contribution in [3.63, 3.8) is 0 Å². The zero-order chi connectivity index (χ0) is 16.0. The first-order chi connectivity index (χ1) is 11.1. The van der Waals surface area contributed by atoms with Gasteiger partial charge in [0.05, 0.1) is 18.3 Å². The number of β-amino-alcohol motifs (C(OH)–C–C–N with tert-alkyl or cyclic N) is 1. The van der Waals surface area contributed by atoms with E-state index in [9.17, 15) is 9.90 Å². The van der Waals surface area contributed by atoms with E-state index in [1.807, 2.05) is 24.3 Å². The first-order valence-corrected chi connectivity index (χ1v) is 7.44. The lowest BCUT2D eigenvalue weighted by molar-refractivity contribution is 0.0382. The summed E-state index contributed by atoms with van der Waals surface area (Å²) in [5, 5.41) is 21.7.